The van der Waals surface area contributed by atoms with Gasteiger partial charge in [-0.15, -0.1) is 5.22 Å². The Hall–Kier alpha value is -4.06. The molecule has 0 radical (unpaired) electrons. The summed E-state index contributed by atoms with van der Waals surface area (Å²) in [5, 5.41) is 48.5. The fourth-order valence-corrected chi connectivity index (χ4v) is 4.23. The summed E-state index contributed by atoms with van der Waals surface area (Å²) in [6.45, 7) is 0. The molecular formula is C23H32N9NaO8. The predicted octanol–water partition coefficient (Wildman–Crippen LogP) is 1.85. The van der Waals surface area contributed by atoms with Crippen LogP contribution in [-0.2, 0) is 20.4 Å². The molecule has 0 atom stereocenters. The molecule has 0 spiro atoms. The van der Waals surface area contributed by atoms with Crippen molar-refractivity contribution in [2.24, 2.45) is 32.5 Å². The molecule has 2 aromatic carbocycles. The zero-order valence-corrected chi connectivity index (χ0v) is 23.5. The molecule has 6 N–H and O–H groups in total. The number of carboxylic acid groups (broad SMARTS) is 1. The van der Waals surface area contributed by atoms with E-state index in [1.807, 2.05) is 0 Å². The molecule has 18 heteroatoms. The van der Waals surface area contributed by atoms with E-state index in [9.17, 15) is 34.9 Å². The van der Waals surface area contributed by atoms with Gasteiger partial charge in [0, 0.05) is 25.7 Å². The SMILES string of the molecule is C.N/N=N/N=N/[N-]O.NC(=O)C1(c2ccc([N+](=O)[O-])cc2)CCC1.O=C(O)C1(c2ccc([N+](=O)[O-])cc2)CCC1.[2HH].[Na+]. The van der Waals surface area contributed by atoms with E-state index in [0.29, 0.717) is 18.4 Å². The smallest absolute Gasteiger partial charge is 0.481 e. The Morgan fingerprint density at radius 2 is 1.24 bits per heavy atom. The molecule has 2 saturated carbocycles. The molecule has 41 heavy (non-hydrogen) atoms. The molecule has 0 bridgehead atoms. The van der Waals surface area contributed by atoms with Crippen molar-refractivity contribution in [3.8, 4) is 0 Å². The standard InChI is InChI=1S/C11H12N2O3.C11H11NO4.CH4.H3N6O.Na.H2/c12-10(14)11(6-1-7-11)8-2-4-9(5-3-8)13(15)16;13-10(14)11(6-1-7-11)8-2-4-9(5-3-8)12(15)16;;1-2-3-4-5-6-7;;/h2-5H,1,6-7H2,(H2,12,14);2-5H,1,6-7H2,(H,13,14);1H4;(H3-,1,2,3,4,5,6,7);;1H/q;;;-1;+1;/i;;;;;1+1. The summed E-state index contributed by atoms with van der Waals surface area (Å²) in [6.07, 6.45) is 4.56. The van der Waals surface area contributed by atoms with Crippen LogP contribution in [0.4, 0.5) is 11.4 Å². The number of hydrogen-bond acceptors (Lipinski definition) is 9. The van der Waals surface area contributed by atoms with Gasteiger partial charge >= 0.3 is 35.5 Å². The van der Waals surface area contributed by atoms with Crippen molar-refractivity contribution in [3.63, 3.8) is 0 Å². The van der Waals surface area contributed by atoms with Crippen LogP contribution in [0.5, 0.6) is 0 Å². The van der Waals surface area contributed by atoms with E-state index in [0.717, 1.165) is 31.2 Å². The minimum Gasteiger partial charge on any atom is -0.481 e. The van der Waals surface area contributed by atoms with E-state index in [1.54, 1.807) is 24.3 Å². The molecule has 0 heterocycles. The van der Waals surface area contributed by atoms with E-state index >= 15 is 0 Å². The number of benzene rings is 2. The fourth-order valence-electron chi connectivity index (χ4n) is 4.23. The molecule has 0 saturated heterocycles. The van der Waals surface area contributed by atoms with Crippen LogP contribution in [-0.4, -0.2) is 32.0 Å². The van der Waals surface area contributed by atoms with Crippen LogP contribution in [0.2, 0.25) is 0 Å². The molecule has 17 nitrogen and oxygen atoms in total. The molecule has 2 fully saturated rings. The van der Waals surface area contributed by atoms with Crippen molar-refractivity contribution in [3.05, 3.63) is 85.5 Å². The van der Waals surface area contributed by atoms with Gasteiger partial charge in [0.05, 0.1) is 20.7 Å². The molecule has 218 valence electrons. The summed E-state index contributed by atoms with van der Waals surface area (Å²) in [4.78, 5) is 42.6. The van der Waals surface area contributed by atoms with Gasteiger partial charge in [0.2, 0.25) is 5.91 Å². The summed E-state index contributed by atoms with van der Waals surface area (Å²) in [7, 11) is 0. The van der Waals surface area contributed by atoms with Gasteiger partial charge in [0.25, 0.3) is 11.4 Å². The Bertz CT molecular complexity index is 1150. The number of carbonyl (C=O) groups excluding carboxylic acids is 1. The van der Waals surface area contributed by atoms with Crippen molar-refractivity contribution < 1.29 is 60.7 Å². The second-order valence-electron chi connectivity index (χ2n) is 8.62. The third-order valence-corrected chi connectivity index (χ3v) is 6.73. The second kappa shape index (κ2) is 16.9. The Morgan fingerprint density at radius 1 is 0.854 bits per heavy atom. The Morgan fingerprint density at radius 3 is 1.49 bits per heavy atom. The van der Waals surface area contributed by atoms with Crippen LogP contribution in [0.1, 0.15) is 58.5 Å². The van der Waals surface area contributed by atoms with Gasteiger partial charge in [-0.3, -0.25) is 35.4 Å². The topological polar surface area (TPSA) is 276 Å². The van der Waals surface area contributed by atoms with Gasteiger partial charge in [-0.05, 0) is 36.8 Å². The molecule has 2 aliphatic rings. The largest absolute Gasteiger partial charge is 1.00 e. The number of amides is 1. The number of carboxylic acids is 1. The van der Waals surface area contributed by atoms with E-state index in [-0.39, 0.29) is 55.7 Å². The summed E-state index contributed by atoms with van der Waals surface area (Å²) in [5.74, 6) is 3.27. The van der Waals surface area contributed by atoms with Gasteiger partial charge < -0.3 is 21.9 Å². The van der Waals surface area contributed by atoms with E-state index in [1.165, 1.54) is 24.3 Å². The molecule has 0 unspecified atom stereocenters. The second-order valence-corrected chi connectivity index (χ2v) is 8.62. The van der Waals surface area contributed by atoms with E-state index in [2.05, 4.69) is 32.3 Å². The van der Waals surface area contributed by atoms with Crippen LogP contribution in [0.25, 0.3) is 5.59 Å². The molecular weight excluding hydrogens is 553 g/mol. The number of carbonyl (C=O) groups is 2. The predicted molar refractivity (Wildman–Crippen MR) is 142 cm³/mol. The van der Waals surface area contributed by atoms with Gasteiger partial charge in [-0.2, -0.15) is 0 Å². The van der Waals surface area contributed by atoms with Crippen molar-refractivity contribution in [2.45, 2.75) is 56.8 Å². The maximum absolute atomic E-state index is 11.4. The minimum absolute atomic E-state index is 0. The minimum atomic E-state index is -0.840. The van der Waals surface area contributed by atoms with Gasteiger partial charge in [0.15, 0.2) is 0 Å². The monoisotopic (exact) mass is 586 g/mol. The Kier molecular flexibility index (Phi) is 15.2. The summed E-state index contributed by atoms with van der Waals surface area (Å²) in [5.41, 5.74) is 7.69. The maximum Gasteiger partial charge on any atom is 1.00 e. The van der Waals surface area contributed by atoms with Crippen LogP contribution in [0, 0.1) is 20.2 Å². The van der Waals surface area contributed by atoms with Crippen LogP contribution < -0.4 is 41.1 Å². The zero-order valence-electron chi connectivity index (χ0n) is 21.5. The quantitative estimate of drug-likeness (QED) is 0.115. The third-order valence-electron chi connectivity index (χ3n) is 6.73. The number of primary amides is 1. The Balaban J connectivity index is 0. The van der Waals surface area contributed by atoms with E-state index < -0.39 is 26.6 Å². The number of non-ortho nitro benzene ring substituents is 2. The van der Waals surface area contributed by atoms with Crippen molar-refractivity contribution in [2.75, 3.05) is 0 Å². The van der Waals surface area contributed by atoms with Crippen molar-refractivity contribution in [1.82, 2.24) is 0 Å². The Labute approximate surface area is 258 Å². The molecule has 0 aromatic heterocycles. The first-order chi connectivity index (χ1) is 18.5. The molecule has 0 aliphatic heterocycles. The van der Waals surface area contributed by atoms with Gasteiger partial charge in [-0.1, -0.05) is 49.8 Å². The first-order valence-electron chi connectivity index (χ1n) is 11.4. The fraction of sp³-hybridized carbons (Fsp3) is 0.391. The number of hydrogen-bond donors (Lipinski definition) is 4. The number of rotatable bonds is 8. The summed E-state index contributed by atoms with van der Waals surface area (Å²) < 4.78 is 0. The molecule has 4 rings (SSSR count). The first kappa shape index (κ1) is 36.9. The average molecular weight is 587 g/mol. The number of nitrogens with zero attached hydrogens (tertiary/aromatic N) is 7. The number of nitrogens with two attached hydrogens (primary N) is 2. The average Bonchev–Trinajstić information content (AvgIpc) is 2.84. The van der Waals surface area contributed by atoms with Crippen molar-refractivity contribution in [1.29, 1.82) is 0 Å². The number of nitro benzene ring substituents is 2. The molecule has 1 amide bonds. The van der Waals surface area contributed by atoms with Gasteiger partial charge in [-0.25, -0.2) is 10.4 Å². The molecule has 2 aromatic rings. The third kappa shape index (κ3) is 8.97. The zero-order chi connectivity index (χ0) is 29.1. The number of aliphatic carboxylic acids is 1. The molecule has 2 aliphatic carbocycles. The first-order valence-corrected chi connectivity index (χ1v) is 11.4. The van der Waals surface area contributed by atoms with Crippen LogP contribution in [0.3, 0.4) is 0 Å². The summed E-state index contributed by atoms with van der Waals surface area (Å²) in [6, 6.07) is 11.9. The normalized spacial score (nSPS) is 15.5. The summed E-state index contributed by atoms with van der Waals surface area (Å²) >= 11 is 0. The van der Waals surface area contributed by atoms with E-state index in [4.69, 9.17) is 10.9 Å². The van der Waals surface area contributed by atoms with Crippen LogP contribution >= 0.6 is 0 Å². The van der Waals surface area contributed by atoms with Crippen LogP contribution in [0.15, 0.2) is 69.4 Å². The van der Waals surface area contributed by atoms with Gasteiger partial charge in [0.1, 0.15) is 0 Å². The van der Waals surface area contributed by atoms with Crippen molar-refractivity contribution >= 4 is 23.3 Å². The maximum atomic E-state index is 11.4. The number of nitro groups is 2.